The Morgan fingerprint density at radius 3 is 2.52 bits per heavy atom. The fraction of sp³-hybridized carbons (Fsp3) is 0.273. The van der Waals surface area contributed by atoms with E-state index < -0.39 is 5.63 Å². The van der Waals surface area contributed by atoms with Crippen LogP contribution < -0.4 is 11.4 Å². The molecule has 0 bridgehead atoms. The quantitative estimate of drug-likeness (QED) is 0.550. The molecule has 0 amide bonds. The average molecular weight is 412 g/mol. The molecule has 3 rings (SSSR count). The van der Waals surface area contributed by atoms with Crippen molar-refractivity contribution >= 4 is 17.4 Å². The number of nitrogen functional groups attached to an aromatic ring is 1. The number of hydrogen-bond donors (Lipinski definition) is 2. The van der Waals surface area contributed by atoms with Gasteiger partial charge < -0.3 is 19.8 Å². The zero-order valence-corrected chi connectivity index (χ0v) is 17.1. The van der Waals surface area contributed by atoms with Gasteiger partial charge in [0.25, 0.3) is 0 Å². The van der Waals surface area contributed by atoms with E-state index in [0.29, 0.717) is 34.1 Å². The van der Waals surface area contributed by atoms with E-state index in [1.165, 1.54) is 6.07 Å². The van der Waals surface area contributed by atoms with Crippen LogP contribution >= 0.6 is 11.6 Å². The number of nitrogens with zero attached hydrogens (tertiary/aromatic N) is 2. The van der Waals surface area contributed by atoms with Gasteiger partial charge >= 0.3 is 5.63 Å². The standard InChI is InChI=1S/C22H22ClN3O3/c1-3-4-5-10-26-20(19-17(27)11-13(2)29-22(19)28)18(16(12-24)21(26)25)14-6-8-15(23)9-7-14/h6-9,11,27H,3-5,10,25H2,1-2H3. The maximum Gasteiger partial charge on any atom is 0.349 e. The third-order valence-corrected chi connectivity index (χ3v) is 5.08. The van der Waals surface area contributed by atoms with Gasteiger partial charge in [0.2, 0.25) is 0 Å². The third kappa shape index (κ3) is 3.87. The molecule has 2 aromatic heterocycles. The molecular formula is C22H22ClN3O3. The van der Waals surface area contributed by atoms with Gasteiger partial charge in [-0.05, 0) is 31.0 Å². The number of benzene rings is 1. The molecule has 3 N–H and O–H groups in total. The third-order valence-electron chi connectivity index (χ3n) is 4.82. The molecule has 0 aliphatic heterocycles. The molecule has 0 fully saturated rings. The minimum atomic E-state index is -0.684. The van der Waals surface area contributed by atoms with E-state index in [4.69, 9.17) is 21.8 Å². The van der Waals surface area contributed by atoms with E-state index in [-0.39, 0.29) is 22.7 Å². The molecule has 2 heterocycles. The van der Waals surface area contributed by atoms with Gasteiger partial charge in [0, 0.05) is 23.2 Å². The van der Waals surface area contributed by atoms with E-state index in [0.717, 1.165) is 19.3 Å². The molecule has 0 aliphatic carbocycles. The Morgan fingerprint density at radius 2 is 1.93 bits per heavy atom. The number of aromatic hydroxyl groups is 1. The summed E-state index contributed by atoms with van der Waals surface area (Å²) >= 11 is 6.02. The molecule has 0 atom stereocenters. The summed E-state index contributed by atoms with van der Waals surface area (Å²) in [6.07, 6.45) is 2.78. The number of aryl methyl sites for hydroxylation is 1. The summed E-state index contributed by atoms with van der Waals surface area (Å²) in [5.74, 6) is 0.331. The largest absolute Gasteiger partial charge is 0.507 e. The van der Waals surface area contributed by atoms with Crippen molar-refractivity contribution in [2.45, 2.75) is 39.7 Å². The minimum Gasteiger partial charge on any atom is -0.507 e. The van der Waals surface area contributed by atoms with Gasteiger partial charge in [-0.25, -0.2) is 4.79 Å². The molecule has 3 aromatic rings. The van der Waals surface area contributed by atoms with Gasteiger partial charge in [-0.2, -0.15) is 5.26 Å². The molecular weight excluding hydrogens is 390 g/mol. The number of nitrogens with two attached hydrogens (primary N) is 1. The van der Waals surface area contributed by atoms with E-state index in [9.17, 15) is 15.2 Å². The van der Waals surface area contributed by atoms with Crippen LogP contribution in [0.25, 0.3) is 22.4 Å². The van der Waals surface area contributed by atoms with Crippen molar-refractivity contribution in [1.29, 1.82) is 5.26 Å². The molecule has 1 aromatic carbocycles. The lowest BCUT2D eigenvalue weighted by atomic mass is 9.98. The number of rotatable bonds is 6. The summed E-state index contributed by atoms with van der Waals surface area (Å²) < 4.78 is 6.96. The van der Waals surface area contributed by atoms with Crippen molar-refractivity contribution in [2.24, 2.45) is 0 Å². The van der Waals surface area contributed by atoms with Crippen molar-refractivity contribution in [1.82, 2.24) is 4.57 Å². The minimum absolute atomic E-state index is 0.00903. The summed E-state index contributed by atoms with van der Waals surface area (Å²) in [5.41, 5.74) is 7.41. The molecule has 0 radical (unpaired) electrons. The summed E-state index contributed by atoms with van der Waals surface area (Å²) in [6.45, 7) is 4.17. The van der Waals surface area contributed by atoms with Crippen molar-refractivity contribution in [3.63, 3.8) is 0 Å². The molecule has 29 heavy (non-hydrogen) atoms. The maximum atomic E-state index is 12.7. The van der Waals surface area contributed by atoms with Crippen molar-refractivity contribution in [2.75, 3.05) is 5.73 Å². The molecule has 7 heteroatoms. The molecule has 0 spiro atoms. The Balaban J connectivity index is 2.39. The molecule has 0 unspecified atom stereocenters. The normalized spacial score (nSPS) is 10.8. The van der Waals surface area contributed by atoms with Crippen molar-refractivity contribution in [3.8, 4) is 34.2 Å². The Bertz CT molecular complexity index is 1140. The van der Waals surface area contributed by atoms with Crippen LogP contribution in [0.1, 0.15) is 37.5 Å². The first-order valence-corrected chi connectivity index (χ1v) is 9.78. The first-order valence-electron chi connectivity index (χ1n) is 9.41. The SMILES string of the molecule is CCCCCn1c(N)c(C#N)c(-c2ccc(Cl)cc2)c1-c1c(O)cc(C)oc1=O. The van der Waals surface area contributed by atoms with Crippen LogP contribution in [0.15, 0.2) is 39.5 Å². The Labute approximate surface area is 173 Å². The fourth-order valence-corrected chi connectivity index (χ4v) is 3.60. The van der Waals surface area contributed by atoms with Gasteiger partial charge in [0.05, 0.1) is 5.69 Å². The fourth-order valence-electron chi connectivity index (χ4n) is 3.47. The van der Waals surface area contributed by atoms with Crippen LogP contribution in [-0.2, 0) is 6.54 Å². The summed E-state index contributed by atoms with van der Waals surface area (Å²) in [7, 11) is 0. The monoisotopic (exact) mass is 411 g/mol. The number of anilines is 1. The predicted molar refractivity (Wildman–Crippen MR) is 114 cm³/mol. The van der Waals surface area contributed by atoms with Crippen LogP contribution in [0.5, 0.6) is 5.75 Å². The molecule has 0 saturated heterocycles. The van der Waals surface area contributed by atoms with Crippen molar-refractivity contribution < 1.29 is 9.52 Å². The second-order valence-corrected chi connectivity index (χ2v) is 7.30. The van der Waals surface area contributed by atoms with Crippen molar-refractivity contribution in [3.05, 3.63) is 57.1 Å². The van der Waals surface area contributed by atoms with Crippen LogP contribution in [0.3, 0.4) is 0 Å². The van der Waals surface area contributed by atoms with Gasteiger partial charge in [-0.15, -0.1) is 0 Å². The highest BCUT2D eigenvalue weighted by atomic mass is 35.5. The second kappa shape index (κ2) is 8.46. The first-order chi connectivity index (χ1) is 13.9. The Morgan fingerprint density at radius 1 is 1.24 bits per heavy atom. The average Bonchev–Trinajstić information content (AvgIpc) is 2.94. The lowest BCUT2D eigenvalue weighted by Gasteiger charge is -2.13. The molecule has 0 aliphatic rings. The van der Waals surface area contributed by atoms with Gasteiger partial charge in [0.15, 0.2) is 0 Å². The summed E-state index contributed by atoms with van der Waals surface area (Å²) in [5, 5.41) is 21.0. The van der Waals surface area contributed by atoms with Crippen LogP contribution in [0.2, 0.25) is 5.02 Å². The number of aromatic nitrogens is 1. The number of nitriles is 1. The smallest absolute Gasteiger partial charge is 0.349 e. The van der Waals surface area contributed by atoms with Crippen LogP contribution in [0.4, 0.5) is 5.82 Å². The van der Waals surface area contributed by atoms with E-state index in [1.54, 1.807) is 35.8 Å². The second-order valence-electron chi connectivity index (χ2n) is 6.87. The topological polar surface area (TPSA) is 105 Å². The molecule has 0 saturated carbocycles. The lowest BCUT2D eigenvalue weighted by Crippen LogP contribution is -2.11. The van der Waals surface area contributed by atoms with Gasteiger partial charge in [-0.3, -0.25) is 0 Å². The lowest BCUT2D eigenvalue weighted by molar-refractivity contribution is 0.437. The Kier molecular flexibility index (Phi) is 6.00. The summed E-state index contributed by atoms with van der Waals surface area (Å²) in [4.78, 5) is 12.7. The van der Waals surface area contributed by atoms with E-state index >= 15 is 0 Å². The van der Waals surface area contributed by atoms with Gasteiger partial charge in [0.1, 0.15) is 34.5 Å². The molecule has 6 nitrogen and oxygen atoms in total. The van der Waals surface area contributed by atoms with Gasteiger partial charge in [-0.1, -0.05) is 43.5 Å². The van der Waals surface area contributed by atoms with E-state index in [1.807, 2.05) is 0 Å². The zero-order valence-electron chi connectivity index (χ0n) is 16.3. The summed E-state index contributed by atoms with van der Waals surface area (Å²) in [6, 6.07) is 10.4. The predicted octanol–water partition coefficient (Wildman–Crippen LogP) is 5.09. The maximum absolute atomic E-state index is 12.7. The zero-order chi connectivity index (χ0) is 21.1. The number of hydrogen-bond acceptors (Lipinski definition) is 5. The first kappa shape index (κ1) is 20.6. The highest BCUT2D eigenvalue weighted by Gasteiger charge is 2.28. The van der Waals surface area contributed by atoms with E-state index in [2.05, 4.69) is 13.0 Å². The Hall–Kier alpha value is -3.17. The molecule has 150 valence electrons. The highest BCUT2D eigenvalue weighted by Crippen LogP contribution is 2.42. The highest BCUT2D eigenvalue weighted by molar-refractivity contribution is 6.30. The number of halogens is 1. The number of unbranched alkanes of at least 4 members (excludes halogenated alkanes) is 2. The van der Waals surface area contributed by atoms with Crippen LogP contribution in [-0.4, -0.2) is 9.67 Å². The van der Waals surface area contributed by atoms with Crippen LogP contribution in [0, 0.1) is 18.3 Å².